The number of rotatable bonds is 6. The van der Waals surface area contributed by atoms with E-state index in [0.717, 1.165) is 0 Å². The molecule has 0 aliphatic heterocycles. The molecule has 9 heteroatoms. The van der Waals surface area contributed by atoms with Crippen LogP contribution in [0.3, 0.4) is 0 Å². The molecule has 0 saturated heterocycles. The van der Waals surface area contributed by atoms with Crippen molar-refractivity contribution in [2.75, 3.05) is 7.11 Å². The Hall–Kier alpha value is -2.06. The van der Waals surface area contributed by atoms with Gasteiger partial charge in [-0.25, -0.2) is 14.8 Å². The molecular formula is C15H15BrClN3O4. The standard InChI is InChI=1S/C15H15BrClN3O4/c1-8(24-14-11(16)13(23-2)18-7-19-14)12(20-15(21)22)9-3-5-10(17)6-4-9/h3-8,12,20H,1-2H3,(H,21,22)/t8-,12-/m0/s1. The number of nitrogens with one attached hydrogen (secondary N) is 1. The number of amides is 1. The lowest BCUT2D eigenvalue weighted by Crippen LogP contribution is -2.37. The smallest absolute Gasteiger partial charge is 0.405 e. The van der Waals surface area contributed by atoms with Gasteiger partial charge in [-0.1, -0.05) is 23.7 Å². The topological polar surface area (TPSA) is 93.6 Å². The molecular weight excluding hydrogens is 402 g/mol. The maximum absolute atomic E-state index is 11.1. The molecule has 2 N–H and O–H groups in total. The lowest BCUT2D eigenvalue weighted by molar-refractivity contribution is 0.145. The van der Waals surface area contributed by atoms with Crippen molar-refractivity contribution in [3.05, 3.63) is 45.7 Å². The fraction of sp³-hybridized carbons (Fsp3) is 0.267. The normalized spacial score (nSPS) is 13.0. The summed E-state index contributed by atoms with van der Waals surface area (Å²) in [6.07, 6.45) is -0.420. The summed E-state index contributed by atoms with van der Waals surface area (Å²) in [6, 6.07) is 6.22. The Morgan fingerprint density at radius 2 is 1.92 bits per heavy atom. The highest BCUT2D eigenvalue weighted by molar-refractivity contribution is 9.10. The first-order valence-corrected chi connectivity index (χ1v) is 8.05. The van der Waals surface area contributed by atoms with Gasteiger partial charge in [0.05, 0.1) is 13.2 Å². The van der Waals surface area contributed by atoms with Crippen LogP contribution in [0.25, 0.3) is 0 Å². The van der Waals surface area contributed by atoms with Crippen LogP contribution in [0.4, 0.5) is 4.79 Å². The average molecular weight is 417 g/mol. The van der Waals surface area contributed by atoms with Crippen molar-refractivity contribution in [3.8, 4) is 11.8 Å². The van der Waals surface area contributed by atoms with E-state index in [-0.39, 0.29) is 5.88 Å². The largest absolute Gasteiger partial charge is 0.480 e. The molecule has 2 atom stereocenters. The number of hydrogen-bond donors (Lipinski definition) is 2. The minimum Gasteiger partial charge on any atom is -0.480 e. The number of hydrogen-bond acceptors (Lipinski definition) is 5. The van der Waals surface area contributed by atoms with E-state index >= 15 is 0 Å². The maximum Gasteiger partial charge on any atom is 0.405 e. The lowest BCUT2D eigenvalue weighted by atomic mass is 10.0. The summed E-state index contributed by atoms with van der Waals surface area (Å²) in [4.78, 5) is 19.1. The molecule has 128 valence electrons. The number of benzene rings is 1. The fourth-order valence-corrected chi connectivity index (χ4v) is 2.67. The van der Waals surface area contributed by atoms with Gasteiger partial charge in [-0.15, -0.1) is 0 Å². The Labute approximate surface area is 152 Å². The molecule has 0 aliphatic rings. The van der Waals surface area contributed by atoms with Crippen LogP contribution in [0.15, 0.2) is 35.1 Å². The number of methoxy groups -OCH3 is 1. The van der Waals surface area contributed by atoms with Gasteiger partial charge in [0.25, 0.3) is 0 Å². The van der Waals surface area contributed by atoms with Crippen LogP contribution in [-0.4, -0.2) is 34.4 Å². The van der Waals surface area contributed by atoms with Crippen molar-refractivity contribution in [1.29, 1.82) is 0 Å². The highest BCUT2D eigenvalue weighted by Gasteiger charge is 2.25. The third-order valence-corrected chi connectivity index (χ3v) is 4.12. The van der Waals surface area contributed by atoms with Gasteiger partial charge in [-0.3, -0.25) is 0 Å². The number of halogens is 2. The van der Waals surface area contributed by atoms with E-state index in [9.17, 15) is 4.79 Å². The fourth-order valence-electron chi connectivity index (χ4n) is 2.08. The van der Waals surface area contributed by atoms with E-state index in [1.807, 2.05) is 0 Å². The number of nitrogens with zero attached hydrogens (tertiary/aromatic N) is 2. The first-order valence-electron chi connectivity index (χ1n) is 6.88. The SMILES string of the molecule is COc1ncnc(O[C@@H](C)[C@H](NC(=O)O)c2ccc(Cl)cc2)c1Br. The summed E-state index contributed by atoms with van der Waals surface area (Å²) < 4.78 is 11.3. The van der Waals surface area contributed by atoms with Gasteiger partial charge in [0, 0.05) is 5.02 Å². The molecule has 0 unspecified atom stereocenters. The van der Waals surface area contributed by atoms with Crippen LogP contribution in [0.2, 0.25) is 5.02 Å². The molecule has 0 radical (unpaired) electrons. The summed E-state index contributed by atoms with van der Waals surface area (Å²) in [6.45, 7) is 1.73. The zero-order valence-electron chi connectivity index (χ0n) is 12.9. The molecule has 24 heavy (non-hydrogen) atoms. The zero-order chi connectivity index (χ0) is 17.7. The highest BCUT2D eigenvalue weighted by Crippen LogP contribution is 2.32. The molecule has 7 nitrogen and oxygen atoms in total. The van der Waals surface area contributed by atoms with Gasteiger partial charge in [-0.05, 0) is 40.5 Å². The maximum atomic E-state index is 11.1. The number of aromatic nitrogens is 2. The van der Waals surface area contributed by atoms with Crippen LogP contribution in [0.1, 0.15) is 18.5 Å². The van der Waals surface area contributed by atoms with E-state index in [0.29, 0.717) is 20.9 Å². The van der Waals surface area contributed by atoms with Crippen molar-refractivity contribution < 1.29 is 19.4 Å². The van der Waals surface area contributed by atoms with Crippen molar-refractivity contribution in [1.82, 2.24) is 15.3 Å². The van der Waals surface area contributed by atoms with E-state index in [2.05, 4.69) is 31.2 Å². The van der Waals surface area contributed by atoms with Crippen molar-refractivity contribution in [2.24, 2.45) is 0 Å². The lowest BCUT2D eigenvalue weighted by Gasteiger charge is -2.25. The third-order valence-electron chi connectivity index (χ3n) is 3.19. The summed E-state index contributed by atoms with van der Waals surface area (Å²) >= 11 is 9.19. The molecule has 0 saturated carbocycles. The molecule has 0 fully saturated rings. The molecule has 2 aromatic rings. The van der Waals surface area contributed by atoms with E-state index in [1.54, 1.807) is 31.2 Å². The second-order valence-electron chi connectivity index (χ2n) is 4.80. The quantitative estimate of drug-likeness (QED) is 0.746. The first kappa shape index (κ1) is 18.3. The highest BCUT2D eigenvalue weighted by atomic mass is 79.9. The molecule has 1 aromatic heterocycles. The summed E-state index contributed by atoms with van der Waals surface area (Å²) in [5.74, 6) is 0.571. The van der Waals surface area contributed by atoms with Crippen LogP contribution < -0.4 is 14.8 Å². The second kappa shape index (κ2) is 8.16. The Morgan fingerprint density at radius 1 is 1.29 bits per heavy atom. The first-order chi connectivity index (χ1) is 11.4. The van der Waals surface area contributed by atoms with Crippen LogP contribution >= 0.6 is 27.5 Å². The van der Waals surface area contributed by atoms with Gasteiger partial charge in [0.1, 0.15) is 16.9 Å². The van der Waals surface area contributed by atoms with E-state index in [4.69, 9.17) is 26.2 Å². The monoisotopic (exact) mass is 415 g/mol. The molecule has 0 bridgehead atoms. The summed E-state index contributed by atoms with van der Waals surface area (Å²) in [5, 5.41) is 12.1. The molecule has 0 spiro atoms. The Kier molecular flexibility index (Phi) is 6.22. The van der Waals surface area contributed by atoms with Gasteiger partial charge < -0.3 is 19.9 Å². The van der Waals surface area contributed by atoms with Gasteiger partial charge in [0.15, 0.2) is 0 Å². The third kappa shape index (κ3) is 4.48. The zero-order valence-corrected chi connectivity index (χ0v) is 15.2. The number of carboxylic acid groups (broad SMARTS) is 1. The Morgan fingerprint density at radius 3 is 2.50 bits per heavy atom. The summed E-state index contributed by atoms with van der Waals surface area (Å²) in [7, 11) is 1.47. The minimum atomic E-state index is -1.16. The van der Waals surface area contributed by atoms with Crippen LogP contribution in [0.5, 0.6) is 11.8 Å². The average Bonchev–Trinajstić information content (AvgIpc) is 2.55. The minimum absolute atomic E-state index is 0.250. The van der Waals surface area contributed by atoms with Gasteiger partial charge in [-0.2, -0.15) is 0 Å². The second-order valence-corrected chi connectivity index (χ2v) is 6.03. The predicted octanol–water partition coefficient (Wildman–Crippen LogP) is 3.68. The van der Waals surface area contributed by atoms with Gasteiger partial charge in [0.2, 0.25) is 11.8 Å². The Balaban J connectivity index is 2.26. The summed E-state index contributed by atoms with van der Waals surface area (Å²) in [5.41, 5.74) is 0.714. The van der Waals surface area contributed by atoms with Crippen molar-refractivity contribution in [2.45, 2.75) is 19.1 Å². The van der Waals surface area contributed by atoms with Crippen molar-refractivity contribution in [3.63, 3.8) is 0 Å². The molecule has 1 aromatic carbocycles. The van der Waals surface area contributed by atoms with E-state index in [1.165, 1.54) is 13.4 Å². The molecule has 1 heterocycles. The molecule has 1 amide bonds. The van der Waals surface area contributed by atoms with Gasteiger partial charge >= 0.3 is 6.09 Å². The van der Waals surface area contributed by atoms with E-state index < -0.39 is 18.2 Å². The Bertz CT molecular complexity index is 714. The number of ether oxygens (including phenoxy) is 2. The van der Waals surface area contributed by atoms with Crippen LogP contribution in [0, 0.1) is 0 Å². The predicted molar refractivity (Wildman–Crippen MR) is 91.7 cm³/mol. The van der Waals surface area contributed by atoms with Crippen LogP contribution in [-0.2, 0) is 0 Å². The molecule has 0 aliphatic carbocycles. The van der Waals surface area contributed by atoms with Crippen molar-refractivity contribution >= 4 is 33.6 Å². The molecule has 2 rings (SSSR count). The number of carbonyl (C=O) groups is 1.